The third kappa shape index (κ3) is 5.82. The predicted octanol–water partition coefficient (Wildman–Crippen LogP) is 5.36. The molecule has 1 fully saturated rings. The smallest absolute Gasteiger partial charge is 0.354 e. The van der Waals surface area contributed by atoms with Gasteiger partial charge in [0.25, 0.3) is 0 Å². The van der Waals surface area contributed by atoms with Crippen LogP contribution in [0.1, 0.15) is 46.4 Å². The topological polar surface area (TPSA) is 84.0 Å². The van der Waals surface area contributed by atoms with Gasteiger partial charge in [-0.25, -0.2) is 4.39 Å². The summed E-state index contributed by atoms with van der Waals surface area (Å²) < 4.78 is 52.8. The molecule has 0 radical (unpaired) electrons. The molecule has 35 heavy (non-hydrogen) atoms. The molecule has 4 rings (SSSR count). The van der Waals surface area contributed by atoms with Crippen molar-refractivity contribution in [2.45, 2.75) is 38.9 Å². The van der Waals surface area contributed by atoms with E-state index in [0.29, 0.717) is 30.2 Å². The lowest BCUT2D eigenvalue weighted by atomic mass is 9.95. The van der Waals surface area contributed by atoms with E-state index in [0.717, 1.165) is 17.7 Å². The van der Waals surface area contributed by atoms with Gasteiger partial charge in [0.1, 0.15) is 5.82 Å². The van der Waals surface area contributed by atoms with E-state index < -0.39 is 23.0 Å². The zero-order valence-corrected chi connectivity index (χ0v) is 18.7. The highest BCUT2D eigenvalue weighted by Gasteiger charge is 2.51. The van der Waals surface area contributed by atoms with Gasteiger partial charge in [0, 0.05) is 24.4 Å². The van der Waals surface area contributed by atoms with E-state index in [1.165, 1.54) is 18.5 Å². The molecule has 2 N–H and O–H groups in total. The van der Waals surface area contributed by atoms with Crippen LogP contribution in [0.5, 0.6) is 0 Å². The summed E-state index contributed by atoms with van der Waals surface area (Å²) in [6.07, 6.45) is 1.06. The zero-order chi connectivity index (χ0) is 25.2. The number of ketones is 1. The summed E-state index contributed by atoms with van der Waals surface area (Å²) >= 11 is 0. The quantitative estimate of drug-likeness (QED) is 0.331. The van der Waals surface area contributed by atoms with Crippen molar-refractivity contribution >= 4 is 23.1 Å². The van der Waals surface area contributed by atoms with Gasteiger partial charge >= 0.3 is 6.18 Å². The average molecular weight is 486 g/mol. The number of pyridine rings is 2. The molecule has 10 heteroatoms. The molecule has 3 aromatic rings. The maximum absolute atomic E-state index is 13.3. The van der Waals surface area contributed by atoms with E-state index in [1.807, 2.05) is 6.92 Å². The Labute approximate surface area is 198 Å². The molecule has 6 nitrogen and oxygen atoms in total. The fourth-order valence-electron chi connectivity index (χ4n) is 3.73. The third-order valence-corrected chi connectivity index (χ3v) is 5.85. The summed E-state index contributed by atoms with van der Waals surface area (Å²) in [5.74, 6) is -1.37. The number of carbonyl (C=O) groups excluding carboxylic acids is 2. The molecule has 0 spiro atoms. The van der Waals surface area contributed by atoms with Crippen LogP contribution in [0.3, 0.4) is 0 Å². The van der Waals surface area contributed by atoms with Crippen LogP contribution in [0, 0.1) is 18.2 Å². The number of Topliss-reactive ketones (excluding diaryl/α,β-unsaturated/α-hetero) is 1. The number of nitrogens with one attached hydrogen (secondary N) is 2. The van der Waals surface area contributed by atoms with Gasteiger partial charge in [-0.1, -0.05) is 0 Å². The molecule has 1 aliphatic carbocycles. The number of halogens is 4. The second kappa shape index (κ2) is 9.44. The first-order chi connectivity index (χ1) is 16.6. The number of carbonyl (C=O) groups is 2. The van der Waals surface area contributed by atoms with Crippen LogP contribution in [0.4, 0.5) is 28.9 Å². The number of alkyl halides is 3. The van der Waals surface area contributed by atoms with Crippen LogP contribution in [0.15, 0.2) is 55.0 Å². The number of aryl methyl sites for hydroxylation is 1. The predicted molar refractivity (Wildman–Crippen MR) is 120 cm³/mol. The lowest BCUT2D eigenvalue weighted by molar-refractivity contribution is -0.137. The van der Waals surface area contributed by atoms with Crippen molar-refractivity contribution in [3.05, 3.63) is 83.2 Å². The van der Waals surface area contributed by atoms with Gasteiger partial charge in [0.2, 0.25) is 5.91 Å². The van der Waals surface area contributed by atoms with Crippen molar-refractivity contribution in [1.82, 2.24) is 15.3 Å². The number of aromatic nitrogens is 2. The molecular formula is C25H22F4N4O2. The Morgan fingerprint density at radius 1 is 1.06 bits per heavy atom. The summed E-state index contributed by atoms with van der Waals surface area (Å²) in [4.78, 5) is 33.5. The van der Waals surface area contributed by atoms with Crippen molar-refractivity contribution in [2.75, 3.05) is 5.32 Å². The molecule has 0 aliphatic heterocycles. The summed E-state index contributed by atoms with van der Waals surface area (Å²) in [6.45, 7) is 1.94. The summed E-state index contributed by atoms with van der Waals surface area (Å²) in [5, 5.41) is 5.39. The number of hydrogen-bond acceptors (Lipinski definition) is 5. The van der Waals surface area contributed by atoms with E-state index in [9.17, 15) is 27.2 Å². The lowest BCUT2D eigenvalue weighted by Gasteiger charge is -2.16. The largest absolute Gasteiger partial charge is 0.418 e. The van der Waals surface area contributed by atoms with Gasteiger partial charge in [0.15, 0.2) is 5.78 Å². The number of anilines is 2. The molecule has 2 aromatic heterocycles. The van der Waals surface area contributed by atoms with E-state index in [1.54, 1.807) is 18.3 Å². The minimum Gasteiger partial charge on any atom is -0.354 e. The van der Waals surface area contributed by atoms with E-state index >= 15 is 0 Å². The molecule has 1 amide bonds. The minimum absolute atomic E-state index is 0.0967. The maximum Gasteiger partial charge on any atom is 0.418 e. The van der Waals surface area contributed by atoms with Crippen LogP contribution < -0.4 is 10.6 Å². The molecule has 1 saturated carbocycles. The molecule has 2 heterocycles. The molecule has 0 bridgehead atoms. The molecule has 1 aromatic carbocycles. The number of rotatable bonds is 8. The van der Waals surface area contributed by atoms with Crippen LogP contribution in [0.25, 0.3) is 0 Å². The third-order valence-electron chi connectivity index (χ3n) is 5.85. The number of hydrogen-bond donors (Lipinski definition) is 2. The highest BCUT2D eigenvalue weighted by atomic mass is 19.4. The van der Waals surface area contributed by atoms with Crippen molar-refractivity contribution in [1.29, 1.82) is 0 Å². The van der Waals surface area contributed by atoms with Gasteiger partial charge in [-0.2, -0.15) is 13.2 Å². The maximum atomic E-state index is 13.3. The first-order valence-electron chi connectivity index (χ1n) is 10.9. The van der Waals surface area contributed by atoms with E-state index in [4.69, 9.17) is 0 Å². The SMILES string of the molecule is Cc1cncc(C(=O)CC2(C(=O)NCc3ccc(Nc4ccc(F)cc4C(F)(F)F)cn3)CC2)c1. The Kier molecular flexibility index (Phi) is 6.56. The van der Waals surface area contributed by atoms with Crippen molar-refractivity contribution in [3.63, 3.8) is 0 Å². The fraction of sp³-hybridized carbons (Fsp3) is 0.280. The molecule has 0 unspecified atom stereocenters. The summed E-state index contributed by atoms with van der Waals surface area (Å²) in [5.41, 5.74) is -0.0616. The first kappa shape index (κ1) is 24.3. The van der Waals surface area contributed by atoms with Crippen molar-refractivity contribution < 1.29 is 27.2 Å². The number of nitrogens with zero attached hydrogens (tertiary/aromatic N) is 2. The summed E-state index contributed by atoms with van der Waals surface area (Å²) in [7, 11) is 0. The van der Waals surface area contributed by atoms with Crippen LogP contribution in [-0.2, 0) is 17.5 Å². The highest BCUT2D eigenvalue weighted by molar-refractivity contribution is 6.00. The highest BCUT2D eigenvalue weighted by Crippen LogP contribution is 2.49. The van der Waals surface area contributed by atoms with Gasteiger partial charge in [0.05, 0.1) is 40.8 Å². The monoisotopic (exact) mass is 486 g/mol. The second-order valence-corrected chi connectivity index (χ2v) is 8.66. The normalized spacial score (nSPS) is 14.3. The Morgan fingerprint density at radius 3 is 2.46 bits per heavy atom. The molecule has 0 atom stereocenters. The van der Waals surface area contributed by atoms with E-state index in [2.05, 4.69) is 20.6 Å². The molecule has 1 aliphatic rings. The van der Waals surface area contributed by atoms with Crippen molar-refractivity contribution in [3.8, 4) is 0 Å². The molecule has 0 saturated heterocycles. The average Bonchev–Trinajstić information content (AvgIpc) is 3.59. The van der Waals surface area contributed by atoms with Gasteiger partial charge in [-0.05, 0) is 61.7 Å². The Balaban J connectivity index is 1.35. The van der Waals surface area contributed by atoms with Gasteiger partial charge in [-0.15, -0.1) is 0 Å². The fourth-order valence-corrected chi connectivity index (χ4v) is 3.73. The molecular weight excluding hydrogens is 464 g/mol. The van der Waals surface area contributed by atoms with Crippen LogP contribution in [-0.4, -0.2) is 21.7 Å². The minimum atomic E-state index is -4.72. The summed E-state index contributed by atoms with van der Waals surface area (Å²) in [6, 6.07) is 7.18. The van der Waals surface area contributed by atoms with Crippen molar-refractivity contribution in [2.24, 2.45) is 5.41 Å². The Hall–Kier alpha value is -3.82. The van der Waals surface area contributed by atoms with Crippen LogP contribution >= 0.6 is 0 Å². The Morgan fingerprint density at radius 2 is 1.83 bits per heavy atom. The first-order valence-corrected chi connectivity index (χ1v) is 10.9. The molecule has 182 valence electrons. The van der Waals surface area contributed by atoms with Gasteiger partial charge < -0.3 is 10.6 Å². The standard InChI is InChI=1S/C25H22F4N4O2/c1-15-8-16(12-30-11-15)22(34)10-24(6-7-24)23(35)32-13-18-3-4-19(14-31-18)33-21-5-2-17(26)9-20(21)25(27,28)29/h2-5,8-9,11-12,14,33H,6-7,10,13H2,1H3,(H,32,35). The lowest BCUT2D eigenvalue weighted by Crippen LogP contribution is -2.33. The second-order valence-electron chi connectivity index (χ2n) is 8.66. The Bertz CT molecular complexity index is 1260. The van der Waals surface area contributed by atoms with Crippen LogP contribution in [0.2, 0.25) is 0 Å². The van der Waals surface area contributed by atoms with E-state index in [-0.39, 0.29) is 36.0 Å². The number of benzene rings is 1. The number of amides is 1. The zero-order valence-electron chi connectivity index (χ0n) is 18.7. The van der Waals surface area contributed by atoms with Gasteiger partial charge in [-0.3, -0.25) is 19.6 Å².